The second kappa shape index (κ2) is 7.76. The van der Waals surface area contributed by atoms with Crippen molar-refractivity contribution in [3.05, 3.63) is 86.8 Å². The molecule has 0 saturated heterocycles. The molecule has 3 nitrogen and oxygen atoms in total. The van der Waals surface area contributed by atoms with E-state index in [1.165, 1.54) is 40.8 Å². The smallest absolute Gasteiger partial charge is 0.267 e. The van der Waals surface area contributed by atoms with Crippen LogP contribution in [0.25, 0.3) is 15.9 Å². The quantitative estimate of drug-likeness (QED) is 0.310. The highest BCUT2D eigenvalue weighted by molar-refractivity contribution is 7.98. The lowest BCUT2D eigenvalue weighted by Gasteiger charge is -2.13. The van der Waals surface area contributed by atoms with Crippen molar-refractivity contribution in [1.82, 2.24) is 9.55 Å². The van der Waals surface area contributed by atoms with Crippen molar-refractivity contribution in [2.45, 2.75) is 36.6 Å². The largest absolute Gasteiger partial charge is 0.268 e. The Bertz CT molecular complexity index is 1230. The number of hydrogen-bond acceptors (Lipinski definition) is 4. The van der Waals surface area contributed by atoms with Gasteiger partial charge in [0.2, 0.25) is 0 Å². The number of benzene rings is 2. The van der Waals surface area contributed by atoms with E-state index in [4.69, 9.17) is 4.98 Å². The maximum atomic E-state index is 13.6. The van der Waals surface area contributed by atoms with Crippen molar-refractivity contribution in [3.8, 4) is 5.69 Å². The number of halogens is 1. The number of thioether (sulfide) groups is 1. The Morgan fingerprint density at radius 2 is 1.79 bits per heavy atom. The zero-order valence-corrected chi connectivity index (χ0v) is 17.4. The lowest BCUT2D eigenvalue weighted by molar-refractivity contribution is 0.627. The van der Waals surface area contributed by atoms with Gasteiger partial charge in [0.05, 0.1) is 11.1 Å². The first-order valence-electron chi connectivity index (χ1n) is 9.70. The molecule has 4 aromatic rings. The molecule has 2 aromatic carbocycles. The van der Waals surface area contributed by atoms with E-state index in [1.807, 2.05) is 30.3 Å². The maximum absolute atomic E-state index is 13.6. The van der Waals surface area contributed by atoms with E-state index >= 15 is 0 Å². The summed E-state index contributed by atoms with van der Waals surface area (Å²) in [5.74, 6) is 0.375. The van der Waals surface area contributed by atoms with Gasteiger partial charge in [-0.3, -0.25) is 9.36 Å². The lowest BCUT2D eigenvalue weighted by Crippen LogP contribution is -2.22. The summed E-state index contributed by atoms with van der Waals surface area (Å²) in [5.41, 5.74) is 3.04. The molecule has 0 N–H and O–H groups in total. The highest BCUT2D eigenvalue weighted by Crippen LogP contribution is 2.35. The molecule has 2 heterocycles. The predicted molar refractivity (Wildman–Crippen MR) is 118 cm³/mol. The molecule has 0 radical (unpaired) electrons. The van der Waals surface area contributed by atoms with Crippen LogP contribution >= 0.6 is 23.1 Å². The second-order valence-electron chi connectivity index (χ2n) is 7.18. The summed E-state index contributed by atoms with van der Waals surface area (Å²) in [6.07, 6.45) is 4.31. The highest BCUT2D eigenvalue weighted by Gasteiger charge is 2.22. The molecule has 1 aliphatic carbocycles. The van der Waals surface area contributed by atoms with Crippen molar-refractivity contribution in [1.29, 1.82) is 0 Å². The van der Waals surface area contributed by atoms with Crippen LogP contribution < -0.4 is 5.56 Å². The van der Waals surface area contributed by atoms with Crippen LogP contribution in [0.1, 0.15) is 28.8 Å². The molecule has 0 atom stereocenters. The maximum Gasteiger partial charge on any atom is 0.267 e. The Hall–Kier alpha value is -2.44. The summed E-state index contributed by atoms with van der Waals surface area (Å²) in [6, 6.07) is 16.2. The number of aryl methyl sites for hydroxylation is 2. The Labute approximate surface area is 176 Å². The fourth-order valence-corrected chi connectivity index (χ4v) is 6.09. The van der Waals surface area contributed by atoms with Gasteiger partial charge in [-0.15, -0.1) is 11.3 Å². The van der Waals surface area contributed by atoms with Gasteiger partial charge in [-0.05, 0) is 61.1 Å². The molecule has 0 spiro atoms. The van der Waals surface area contributed by atoms with E-state index in [-0.39, 0.29) is 11.4 Å². The number of aromatic nitrogens is 2. The summed E-state index contributed by atoms with van der Waals surface area (Å²) in [6.45, 7) is 0. The van der Waals surface area contributed by atoms with Gasteiger partial charge < -0.3 is 0 Å². The lowest BCUT2D eigenvalue weighted by atomic mass is 9.97. The van der Waals surface area contributed by atoms with Crippen LogP contribution in [-0.2, 0) is 18.6 Å². The van der Waals surface area contributed by atoms with Crippen molar-refractivity contribution >= 4 is 33.3 Å². The minimum absolute atomic E-state index is 0.0159. The molecule has 2 aromatic heterocycles. The minimum atomic E-state index is -0.247. The SMILES string of the molecule is O=c1c2c3c(sc2nc(SCc2ccc(F)cc2)n1-c1ccccc1)CCCC3. The topological polar surface area (TPSA) is 34.9 Å². The average molecular weight is 423 g/mol. The first kappa shape index (κ1) is 18.6. The van der Waals surface area contributed by atoms with E-state index in [0.29, 0.717) is 10.9 Å². The Balaban J connectivity index is 1.65. The molecule has 5 rings (SSSR count). The third-order valence-corrected chi connectivity index (χ3v) is 7.45. The van der Waals surface area contributed by atoms with E-state index in [1.54, 1.807) is 28.0 Å². The number of thiophene rings is 1. The van der Waals surface area contributed by atoms with Crippen LogP contribution in [0.15, 0.2) is 64.5 Å². The number of para-hydroxylation sites is 1. The Morgan fingerprint density at radius 3 is 2.59 bits per heavy atom. The molecule has 146 valence electrons. The molecule has 0 amide bonds. The monoisotopic (exact) mass is 422 g/mol. The molecule has 0 aliphatic heterocycles. The van der Waals surface area contributed by atoms with Crippen LogP contribution in [0.2, 0.25) is 0 Å². The Morgan fingerprint density at radius 1 is 1.03 bits per heavy atom. The number of fused-ring (bicyclic) bond motifs is 3. The van der Waals surface area contributed by atoms with Gasteiger partial charge in [-0.1, -0.05) is 42.1 Å². The molecule has 6 heteroatoms. The average Bonchev–Trinajstić information content (AvgIpc) is 3.12. The first-order chi connectivity index (χ1) is 14.2. The number of nitrogens with zero attached hydrogens (tertiary/aromatic N) is 2. The van der Waals surface area contributed by atoms with Crippen LogP contribution in [-0.4, -0.2) is 9.55 Å². The molecule has 1 aliphatic rings. The number of hydrogen-bond donors (Lipinski definition) is 0. The molecule has 0 bridgehead atoms. The van der Waals surface area contributed by atoms with Crippen molar-refractivity contribution in [3.63, 3.8) is 0 Å². The van der Waals surface area contributed by atoms with Crippen molar-refractivity contribution in [2.75, 3.05) is 0 Å². The second-order valence-corrected chi connectivity index (χ2v) is 9.20. The van der Waals surface area contributed by atoms with Crippen molar-refractivity contribution in [2.24, 2.45) is 0 Å². The predicted octanol–water partition coefficient (Wildman–Crippen LogP) is 5.76. The zero-order chi connectivity index (χ0) is 19.8. The third kappa shape index (κ3) is 3.51. The van der Waals surface area contributed by atoms with Gasteiger partial charge in [-0.2, -0.15) is 0 Å². The Kier molecular flexibility index (Phi) is 4.97. The van der Waals surface area contributed by atoms with E-state index in [2.05, 4.69) is 0 Å². The van der Waals surface area contributed by atoms with E-state index in [0.717, 1.165) is 40.7 Å². The zero-order valence-electron chi connectivity index (χ0n) is 15.7. The fourth-order valence-electron chi connectivity index (χ4n) is 3.82. The third-order valence-electron chi connectivity index (χ3n) is 5.25. The summed E-state index contributed by atoms with van der Waals surface area (Å²) in [7, 11) is 0. The molecule has 29 heavy (non-hydrogen) atoms. The van der Waals surface area contributed by atoms with Gasteiger partial charge in [0.15, 0.2) is 5.16 Å². The summed E-state index contributed by atoms with van der Waals surface area (Å²) >= 11 is 3.18. The van der Waals surface area contributed by atoms with Crippen LogP contribution in [0.3, 0.4) is 0 Å². The minimum Gasteiger partial charge on any atom is -0.268 e. The normalized spacial score (nSPS) is 13.6. The highest BCUT2D eigenvalue weighted by atomic mass is 32.2. The standard InChI is InChI=1S/C23H19FN2OS2/c24-16-12-10-15(11-13-16)14-28-23-25-21-20(18-8-4-5-9-19(18)29-21)22(27)26(23)17-6-2-1-3-7-17/h1-3,6-7,10-13H,4-5,8-9,14H2. The van der Waals surface area contributed by atoms with Crippen LogP contribution in [0, 0.1) is 5.82 Å². The molecular formula is C23H19FN2OS2. The molecule has 0 fully saturated rings. The van der Waals surface area contributed by atoms with Gasteiger partial charge in [0.1, 0.15) is 10.6 Å². The van der Waals surface area contributed by atoms with E-state index < -0.39 is 0 Å². The molecule has 0 unspecified atom stereocenters. The summed E-state index contributed by atoms with van der Waals surface area (Å²) in [5, 5.41) is 1.47. The molecule has 0 saturated carbocycles. The first-order valence-corrected chi connectivity index (χ1v) is 11.5. The van der Waals surface area contributed by atoms with Gasteiger partial charge in [0, 0.05) is 10.6 Å². The number of rotatable bonds is 4. The fraction of sp³-hybridized carbons (Fsp3) is 0.217. The van der Waals surface area contributed by atoms with E-state index in [9.17, 15) is 9.18 Å². The van der Waals surface area contributed by atoms with Gasteiger partial charge in [0.25, 0.3) is 5.56 Å². The summed E-state index contributed by atoms with van der Waals surface area (Å²) < 4.78 is 14.9. The van der Waals surface area contributed by atoms with Crippen LogP contribution in [0.4, 0.5) is 4.39 Å². The van der Waals surface area contributed by atoms with Crippen LogP contribution in [0.5, 0.6) is 0 Å². The van der Waals surface area contributed by atoms with Crippen molar-refractivity contribution < 1.29 is 4.39 Å². The van der Waals surface area contributed by atoms with Gasteiger partial charge >= 0.3 is 0 Å². The molecular weight excluding hydrogens is 403 g/mol. The van der Waals surface area contributed by atoms with Gasteiger partial charge in [-0.25, -0.2) is 9.37 Å². The summed E-state index contributed by atoms with van der Waals surface area (Å²) in [4.78, 5) is 20.7.